The Balaban J connectivity index is 1.93. The first-order chi connectivity index (χ1) is 8.28. The lowest BCUT2D eigenvalue weighted by Gasteiger charge is -2.17. The highest BCUT2D eigenvalue weighted by Crippen LogP contribution is 2.20. The molecule has 5 nitrogen and oxygen atoms in total. The van der Waals surface area contributed by atoms with Crippen LogP contribution in [0.25, 0.3) is 5.65 Å². The van der Waals surface area contributed by atoms with E-state index in [1.165, 1.54) is 6.42 Å². The number of imidazole rings is 1. The first-order valence-corrected chi connectivity index (χ1v) is 6.50. The van der Waals surface area contributed by atoms with Crippen molar-refractivity contribution in [3.05, 3.63) is 22.9 Å². The molecule has 1 N–H and O–H groups in total. The van der Waals surface area contributed by atoms with Crippen LogP contribution < -0.4 is 10.2 Å². The molecule has 3 heterocycles. The minimum absolute atomic E-state index is 0.568. The van der Waals surface area contributed by atoms with Crippen LogP contribution in [0, 0.1) is 0 Å². The summed E-state index contributed by atoms with van der Waals surface area (Å²) >= 11 is 3.44. The maximum absolute atomic E-state index is 4.59. The standard InChI is InChI=1S/C11H14BrN5/c1-13-8-4-5-16(7-8)11-3-2-10-14-6-9(12)17(10)15-11/h2-3,6,8,13H,4-5,7H2,1H3/t8-/m0/s1. The Labute approximate surface area is 108 Å². The number of fused-ring (bicyclic) bond motifs is 1. The highest BCUT2D eigenvalue weighted by molar-refractivity contribution is 9.10. The number of likely N-dealkylation sites (N-methyl/N-ethyl adjacent to an activating group) is 1. The van der Waals surface area contributed by atoms with Gasteiger partial charge in [0.1, 0.15) is 10.4 Å². The second-order valence-corrected chi connectivity index (χ2v) is 5.08. The molecule has 0 radical (unpaired) electrons. The van der Waals surface area contributed by atoms with Crippen molar-refractivity contribution in [2.45, 2.75) is 12.5 Å². The van der Waals surface area contributed by atoms with Crippen LogP contribution in [0.1, 0.15) is 6.42 Å². The van der Waals surface area contributed by atoms with E-state index >= 15 is 0 Å². The molecule has 1 aliphatic heterocycles. The normalized spacial score (nSPS) is 20.4. The average molecular weight is 296 g/mol. The van der Waals surface area contributed by atoms with Gasteiger partial charge in [0.2, 0.25) is 0 Å². The van der Waals surface area contributed by atoms with Gasteiger partial charge in [-0.05, 0) is 41.5 Å². The van der Waals surface area contributed by atoms with E-state index in [-0.39, 0.29) is 0 Å². The lowest BCUT2D eigenvalue weighted by atomic mass is 10.3. The highest BCUT2D eigenvalue weighted by atomic mass is 79.9. The van der Waals surface area contributed by atoms with Crippen molar-refractivity contribution in [2.75, 3.05) is 25.0 Å². The third kappa shape index (κ3) is 1.91. The third-order valence-corrected chi connectivity index (χ3v) is 3.77. The van der Waals surface area contributed by atoms with E-state index in [0.29, 0.717) is 6.04 Å². The first kappa shape index (κ1) is 11.0. The van der Waals surface area contributed by atoms with Crippen molar-refractivity contribution in [1.29, 1.82) is 0 Å². The zero-order chi connectivity index (χ0) is 11.8. The quantitative estimate of drug-likeness (QED) is 0.907. The number of hydrogen-bond acceptors (Lipinski definition) is 4. The van der Waals surface area contributed by atoms with E-state index < -0.39 is 0 Å². The van der Waals surface area contributed by atoms with Crippen LogP contribution in [0.5, 0.6) is 0 Å². The molecule has 1 fully saturated rings. The Bertz CT molecular complexity index is 538. The molecule has 6 heteroatoms. The average Bonchev–Trinajstić information content (AvgIpc) is 2.96. The summed E-state index contributed by atoms with van der Waals surface area (Å²) in [4.78, 5) is 6.54. The van der Waals surface area contributed by atoms with E-state index in [1.807, 2.05) is 23.7 Å². The molecule has 2 aromatic rings. The van der Waals surface area contributed by atoms with Crippen LogP contribution >= 0.6 is 15.9 Å². The van der Waals surface area contributed by atoms with E-state index in [4.69, 9.17) is 0 Å². The van der Waals surface area contributed by atoms with Crippen molar-refractivity contribution >= 4 is 27.4 Å². The molecule has 1 atom stereocenters. The molecule has 90 valence electrons. The van der Waals surface area contributed by atoms with Crippen LogP contribution in [-0.4, -0.2) is 40.8 Å². The van der Waals surface area contributed by atoms with Gasteiger partial charge in [-0.3, -0.25) is 0 Å². The number of nitrogens with zero attached hydrogens (tertiary/aromatic N) is 4. The smallest absolute Gasteiger partial charge is 0.154 e. The van der Waals surface area contributed by atoms with Gasteiger partial charge in [0, 0.05) is 19.1 Å². The molecule has 3 rings (SSSR count). The van der Waals surface area contributed by atoms with Gasteiger partial charge in [-0.1, -0.05) is 0 Å². The Morgan fingerprint density at radius 1 is 1.47 bits per heavy atom. The van der Waals surface area contributed by atoms with E-state index in [1.54, 1.807) is 6.20 Å². The molecular formula is C11H14BrN5. The minimum Gasteiger partial charge on any atom is -0.354 e. The molecule has 0 amide bonds. The number of rotatable bonds is 2. The zero-order valence-corrected chi connectivity index (χ0v) is 11.2. The summed E-state index contributed by atoms with van der Waals surface area (Å²) in [7, 11) is 2.01. The number of nitrogens with one attached hydrogen (secondary N) is 1. The number of anilines is 1. The van der Waals surface area contributed by atoms with Crippen LogP contribution in [-0.2, 0) is 0 Å². The summed E-state index contributed by atoms with van der Waals surface area (Å²) in [5.41, 5.74) is 0.866. The van der Waals surface area contributed by atoms with Crippen LogP contribution in [0.15, 0.2) is 22.9 Å². The molecule has 1 saturated heterocycles. The van der Waals surface area contributed by atoms with Crippen molar-refractivity contribution in [3.8, 4) is 0 Å². The lowest BCUT2D eigenvalue weighted by molar-refractivity contribution is 0.616. The summed E-state index contributed by atoms with van der Waals surface area (Å²) < 4.78 is 2.71. The van der Waals surface area contributed by atoms with Gasteiger partial charge in [-0.25, -0.2) is 9.50 Å². The minimum atomic E-state index is 0.568. The number of hydrogen-bond donors (Lipinski definition) is 1. The molecule has 1 aliphatic rings. The van der Waals surface area contributed by atoms with Crippen molar-refractivity contribution < 1.29 is 0 Å². The fourth-order valence-electron chi connectivity index (χ4n) is 2.21. The molecule has 0 aliphatic carbocycles. The first-order valence-electron chi connectivity index (χ1n) is 5.70. The predicted molar refractivity (Wildman–Crippen MR) is 70.4 cm³/mol. The molecule has 0 spiro atoms. The summed E-state index contributed by atoms with van der Waals surface area (Å²) in [5, 5.41) is 7.90. The fourth-order valence-corrected chi connectivity index (χ4v) is 2.57. The molecule has 2 aromatic heterocycles. The van der Waals surface area contributed by atoms with Gasteiger partial charge in [0.15, 0.2) is 5.65 Å². The maximum atomic E-state index is 4.59. The van der Waals surface area contributed by atoms with Crippen LogP contribution in [0.2, 0.25) is 0 Å². The molecular weight excluding hydrogens is 282 g/mol. The summed E-state index contributed by atoms with van der Waals surface area (Å²) in [6.45, 7) is 2.07. The highest BCUT2D eigenvalue weighted by Gasteiger charge is 2.22. The number of aromatic nitrogens is 3. The van der Waals surface area contributed by atoms with E-state index in [2.05, 4.69) is 36.2 Å². The molecule has 0 aromatic carbocycles. The van der Waals surface area contributed by atoms with Gasteiger partial charge < -0.3 is 10.2 Å². The van der Waals surface area contributed by atoms with Crippen LogP contribution in [0.3, 0.4) is 0 Å². The Hall–Kier alpha value is -1.14. The maximum Gasteiger partial charge on any atom is 0.154 e. The van der Waals surface area contributed by atoms with Gasteiger partial charge in [-0.15, -0.1) is 5.10 Å². The van der Waals surface area contributed by atoms with E-state index in [0.717, 1.165) is 29.2 Å². The third-order valence-electron chi connectivity index (χ3n) is 3.23. The fraction of sp³-hybridized carbons (Fsp3) is 0.455. The summed E-state index contributed by atoms with van der Waals surface area (Å²) in [6.07, 6.45) is 2.94. The van der Waals surface area contributed by atoms with Gasteiger partial charge >= 0.3 is 0 Å². The Morgan fingerprint density at radius 3 is 3.12 bits per heavy atom. The largest absolute Gasteiger partial charge is 0.354 e. The molecule has 0 saturated carbocycles. The molecule has 0 bridgehead atoms. The van der Waals surface area contributed by atoms with Gasteiger partial charge in [0.25, 0.3) is 0 Å². The molecule has 17 heavy (non-hydrogen) atoms. The monoisotopic (exact) mass is 295 g/mol. The van der Waals surface area contributed by atoms with Crippen molar-refractivity contribution in [3.63, 3.8) is 0 Å². The summed E-state index contributed by atoms with van der Waals surface area (Å²) in [5.74, 6) is 1.01. The van der Waals surface area contributed by atoms with Crippen LogP contribution in [0.4, 0.5) is 5.82 Å². The van der Waals surface area contributed by atoms with Gasteiger partial charge in [-0.2, -0.15) is 0 Å². The molecule has 0 unspecified atom stereocenters. The lowest BCUT2D eigenvalue weighted by Crippen LogP contribution is -2.30. The number of halogens is 1. The van der Waals surface area contributed by atoms with Crippen molar-refractivity contribution in [1.82, 2.24) is 19.9 Å². The Morgan fingerprint density at radius 2 is 2.35 bits per heavy atom. The van der Waals surface area contributed by atoms with Crippen molar-refractivity contribution in [2.24, 2.45) is 0 Å². The second kappa shape index (κ2) is 4.27. The second-order valence-electron chi connectivity index (χ2n) is 4.26. The van der Waals surface area contributed by atoms with Gasteiger partial charge in [0.05, 0.1) is 6.20 Å². The summed E-state index contributed by atoms with van der Waals surface area (Å²) in [6, 6.07) is 4.60. The van der Waals surface area contributed by atoms with E-state index in [9.17, 15) is 0 Å². The SMILES string of the molecule is CN[C@H]1CCN(c2ccc3ncc(Br)n3n2)C1. The Kier molecular flexibility index (Phi) is 2.76. The predicted octanol–water partition coefficient (Wildman–Crippen LogP) is 1.29. The topological polar surface area (TPSA) is 45.5 Å². The zero-order valence-electron chi connectivity index (χ0n) is 9.60.